The van der Waals surface area contributed by atoms with Gasteiger partial charge in [-0.25, -0.2) is 0 Å². The molecule has 1 aromatic carbocycles. The second kappa shape index (κ2) is 19.3. The largest absolute Gasteiger partial charge is 0.494 e. The molecule has 33 heavy (non-hydrogen) atoms. The summed E-state index contributed by atoms with van der Waals surface area (Å²) < 4.78 is 5.96. The van der Waals surface area contributed by atoms with Crippen LogP contribution in [0, 0.1) is 0 Å². The third kappa shape index (κ3) is 14.7. The van der Waals surface area contributed by atoms with Gasteiger partial charge in [0.15, 0.2) is 0 Å². The van der Waals surface area contributed by atoms with Crippen LogP contribution < -0.4 is 4.74 Å². The van der Waals surface area contributed by atoms with Gasteiger partial charge >= 0.3 is 0 Å². The summed E-state index contributed by atoms with van der Waals surface area (Å²) in [6.45, 7) is 9.26. The van der Waals surface area contributed by atoms with Crippen LogP contribution in [0.1, 0.15) is 109 Å². The Morgan fingerprint density at radius 2 is 1.15 bits per heavy atom. The monoisotopic (exact) mass is 458 g/mol. The highest BCUT2D eigenvalue weighted by atomic mass is 16.5. The van der Waals surface area contributed by atoms with Gasteiger partial charge in [-0.3, -0.25) is 0 Å². The van der Waals surface area contributed by atoms with Crippen molar-refractivity contribution in [1.29, 1.82) is 0 Å². The van der Waals surface area contributed by atoms with E-state index in [0.717, 1.165) is 12.4 Å². The molecule has 1 aromatic rings. The zero-order chi connectivity index (χ0) is 23.4. The molecule has 0 amide bonds. The lowest BCUT2D eigenvalue weighted by Crippen LogP contribution is -2.44. The Bertz CT molecular complexity index is 551. The SMILES string of the molecule is CCCCCCCCCCCCCCCCOc1ccc(CCCN2CCN(C)CC2)cc1. The number of aryl methyl sites for hydroxylation is 1. The first-order valence-electron chi connectivity index (χ1n) is 14.4. The number of rotatable bonds is 20. The maximum Gasteiger partial charge on any atom is 0.119 e. The quantitative estimate of drug-likeness (QED) is 0.186. The molecule has 2 rings (SSSR count). The molecule has 190 valence electrons. The first-order chi connectivity index (χ1) is 16.3. The number of unbranched alkanes of at least 4 members (excludes halogenated alkanes) is 13. The fraction of sp³-hybridized carbons (Fsp3) is 0.800. The molecule has 0 radical (unpaired) electrons. The number of ether oxygens (including phenoxy) is 1. The van der Waals surface area contributed by atoms with Crippen molar-refractivity contribution in [2.45, 2.75) is 110 Å². The summed E-state index contributed by atoms with van der Waals surface area (Å²) >= 11 is 0. The van der Waals surface area contributed by atoms with Crippen LogP contribution in [0.3, 0.4) is 0 Å². The Balaban J connectivity index is 1.36. The standard InChI is InChI=1S/C30H54N2O/c1-3-4-5-6-7-8-9-10-11-12-13-14-15-16-28-33-30-21-19-29(20-22-30)18-17-23-32-26-24-31(2)25-27-32/h19-22H,3-18,23-28H2,1-2H3. The number of piperazine rings is 1. The fourth-order valence-corrected chi connectivity index (χ4v) is 4.82. The van der Waals surface area contributed by atoms with E-state index in [4.69, 9.17) is 4.74 Å². The van der Waals surface area contributed by atoms with Crippen molar-refractivity contribution in [3.05, 3.63) is 29.8 Å². The molecule has 0 saturated carbocycles. The van der Waals surface area contributed by atoms with E-state index < -0.39 is 0 Å². The highest BCUT2D eigenvalue weighted by molar-refractivity contribution is 5.27. The second-order valence-corrected chi connectivity index (χ2v) is 10.3. The molecule has 0 aliphatic carbocycles. The first kappa shape index (κ1) is 28.2. The van der Waals surface area contributed by atoms with E-state index in [-0.39, 0.29) is 0 Å². The van der Waals surface area contributed by atoms with E-state index in [9.17, 15) is 0 Å². The smallest absolute Gasteiger partial charge is 0.119 e. The molecule has 1 aliphatic heterocycles. The van der Waals surface area contributed by atoms with E-state index in [1.54, 1.807) is 0 Å². The van der Waals surface area contributed by atoms with Gasteiger partial charge in [-0.1, -0.05) is 103 Å². The summed E-state index contributed by atoms with van der Waals surface area (Å²) in [5.41, 5.74) is 1.44. The van der Waals surface area contributed by atoms with Gasteiger partial charge in [0, 0.05) is 26.2 Å². The molecule has 0 bridgehead atoms. The van der Waals surface area contributed by atoms with Crippen molar-refractivity contribution in [2.24, 2.45) is 0 Å². The van der Waals surface area contributed by atoms with Crippen LogP contribution in [0.4, 0.5) is 0 Å². The lowest BCUT2D eigenvalue weighted by molar-refractivity contribution is 0.153. The first-order valence-corrected chi connectivity index (χ1v) is 14.4. The molecule has 1 saturated heterocycles. The number of benzene rings is 1. The topological polar surface area (TPSA) is 15.7 Å². The van der Waals surface area contributed by atoms with Crippen molar-refractivity contribution in [2.75, 3.05) is 46.4 Å². The molecule has 0 N–H and O–H groups in total. The molecular weight excluding hydrogens is 404 g/mol. The van der Waals surface area contributed by atoms with E-state index in [1.165, 1.54) is 141 Å². The molecule has 0 unspecified atom stereocenters. The van der Waals surface area contributed by atoms with Crippen LogP contribution in [0.15, 0.2) is 24.3 Å². The summed E-state index contributed by atoms with van der Waals surface area (Å²) in [4.78, 5) is 5.03. The van der Waals surface area contributed by atoms with Gasteiger partial charge in [-0.05, 0) is 50.6 Å². The van der Waals surface area contributed by atoms with Crippen molar-refractivity contribution < 1.29 is 4.74 Å². The predicted octanol–water partition coefficient (Wildman–Crippen LogP) is 7.73. The molecule has 3 nitrogen and oxygen atoms in total. The highest BCUT2D eigenvalue weighted by Crippen LogP contribution is 2.16. The Morgan fingerprint density at radius 1 is 0.636 bits per heavy atom. The van der Waals surface area contributed by atoms with Crippen LogP contribution in [0.25, 0.3) is 0 Å². The van der Waals surface area contributed by atoms with Crippen LogP contribution in [0.2, 0.25) is 0 Å². The number of likely N-dealkylation sites (N-methyl/N-ethyl adjacent to an activating group) is 1. The third-order valence-corrected chi connectivity index (χ3v) is 7.23. The number of hydrogen-bond donors (Lipinski definition) is 0. The zero-order valence-corrected chi connectivity index (χ0v) is 22.2. The van der Waals surface area contributed by atoms with Crippen molar-refractivity contribution in [3.8, 4) is 5.75 Å². The maximum absolute atomic E-state index is 5.96. The normalized spacial score (nSPS) is 15.2. The lowest BCUT2D eigenvalue weighted by Gasteiger charge is -2.32. The number of hydrogen-bond acceptors (Lipinski definition) is 3. The minimum atomic E-state index is 0.862. The summed E-state index contributed by atoms with van der Waals surface area (Å²) in [6, 6.07) is 8.83. The lowest BCUT2D eigenvalue weighted by atomic mass is 10.0. The zero-order valence-electron chi connectivity index (χ0n) is 22.2. The van der Waals surface area contributed by atoms with E-state index in [1.807, 2.05) is 0 Å². The number of nitrogens with zero attached hydrogens (tertiary/aromatic N) is 2. The van der Waals surface area contributed by atoms with Crippen molar-refractivity contribution in [3.63, 3.8) is 0 Å². The van der Waals surface area contributed by atoms with Crippen LogP contribution in [0.5, 0.6) is 5.75 Å². The molecule has 0 atom stereocenters. The molecule has 1 heterocycles. The summed E-state index contributed by atoms with van der Waals surface area (Å²) in [5, 5.41) is 0. The Morgan fingerprint density at radius 3 is 1.70 bits per heavy atom. The van der Waals surface area contributed by atoms with Gasteiger partial charge in [0.05, 0.1) is 6.61 Å². The summed E-state index contributed by atoms with van der Waals surface area (Å²) in [5.74, 6) is 1.03. The van der Waals surface area contributed by atoms with Gasteiger partial charge in [0.25, 0.3) is 0 Å². The van der Waals surface area contributed by atoms with Crippen molar-refractivity contribution in [1.82, 2.24) is 9.80 Å². The van der Waals surface area contributed by atoms with Gasteiger partial charge in [-0.2, -0.15) is 0 Å². The molecule has 0 aromatic heterocycles. The van der Waals surface area contributed by atoms with Gasteiger partial charge in [0.1, 0.15) is 5.75 Å². The minimum absolute atomic E-state index is 0.862. The Kier molecular flexibility index (Phi) is 16.5. The van der Waals surface area contributed by atoms with Gasteiger partial charge in [0.2, 0.25) is 0 Å². The van der Waals surface area contributed by atoms with Crippen LogP contribution in [-0.2, 0) is 6.42 Å². The maximum atomic E-state index is 5.96. The minimum Gasteiger partial charge on any atom is -0.494 e. The highest BCUT2D eigenvalue weighted by Gasteiger charge is 2.12. The van der Waals surface area contributed by atoms with E-state index >= 15 is 0 Å². The molecule has 3 heteroatoms. The predicted molar refractivity (Wildman–Crippen MR) is 145 cm³/mol. The van der Waals surface area contributed by atoms with E-state index in [2.05, 4.69) is 48.0 Å². The van der Waals surface area contributed by atoms with Crippen LogP contribution >= 0.6 is 0 Å². The second-order valence-electron chi connectivity index (χ2n) is 10.3. The average Bonchev–Trinajstić information content (AvgIpc) is 2.84. The summed E-state index contributed by atoms with van der Waals surface area (Å²) in [6.07, 6.45) is 22.1. The molecule has 1 fully saturated rings. The molecular formula is C30H54N2O. The third-order valence-electron chi connectivity index (χ3n) is 7.23. The fourth-order valence-electron chi connectivity index (χ4n) is 4.82. The van der Waals surface area contributed by atoms with E-state index in [0.29, 0.717) is 0 Å². The molecule has 1 aliphatic rings. The molecule has 0 spiro atoms. The van der Waals surface area contributed by atoms with Crippen LogP contribution in [-0.4, -0.2) is 56.2 Å². The van der Waals surface area contributed by atoms with Gasteiger partial charge in [-0.15, -0.1) is 0 Å². The Hall–Kier alpha value is -1.06. The van der Waals surface area contributed by atoms with Gasteiger partial charge < -0.3 is 14.5 Å². The van der Waals surface area contributed by atoms with Crippen molar-refractivity contribution >= 4 is 0 Å². The average molecular weight is 459 g/mol. The summed E-state index contributed by atoms with van der Waals surface area (Å²) in [7, 11) is 2.22. The Labute approximate surface area is 206 Å².